The Morgan fingerprint density at radius 1 is 1.52 bits per heavy atom. The summed E-state index contributed by atoms with van der Waals surface area (Å²) in [7, 11) is 1.91. The number of nitrogens with one attached hydrogen (secondary N) is 1. The zero-order valence-electron chi connectivity index (χ0n) is 13.6. The molecule has 0 aromatic carbocycles. The Labute approximate surface area is 137 Å². The van der Waals surface area contributed by atoms with Crippen LogP contribution in [-0.4, -0.2) is 78.4 Å². The molecule has 2 fully saturated rings. The first-order valence-corrected chi connectivity index (χ1v) is 8.30. The Hall–Kier alpha value is -1.73. The van der Waals surface area contributed by atoms with E-state index < -0.39 is 0 Å². The van der Waals surface area contributed by atoms with E-state index in [0.29, 0.717) is 19.7 Å². The second-order valence-corrected chi connectivity index (χ2v) is 6.44. The molecule has 1 aliphatic carbocycles. The first-order valence-electron chi connectivity index (χ1n) is 8.30. The molecule has 2 aliphatic rings. The van der Waals surface area contributed by atoms with Gasteiger partial charge in [-0.15, -0.1) is 5.10 Å². The Balaban J connectivity index is 1.41. The van der Waals surface area contributed by atoms with Crippen molar-refractivity contribution in [3.8, 4) is 0 Å². The maximum atomic E-state index is 12.3. The van der Waals surface area contributed by atoms with Gasteiger partial charge < -0.3 is 15.0 Å². The highest BCUT2D eigenvalue weighted by Gasteiger charge is 2.27. The van der Waals surface area contributed by atoms with Crippen LogP contribution < -0.4 is 5.32 Å². The summed E-state index contributed by atoms with van der Waals surface area (Å²) in [6.45, 7) is 4.28. The van der Waals surface area contributed by atoms with Gasteiger partial charge in [-0.05, 0) is 30.9 Å². The summed E-state index contributed by atoms with van der Waals surface area (Å²) in [5.41, 5.74) is 0. The number of aromatic nitrogens is 2. The SMILES string of the molecule is CN(CC1CC1)C(=O)CN1CCOC(CNc2cccnn2)C1. The number of amides is 1. The second-order valence-electron chi connectivity index (χ2n) is 6.44. The van der Waals surface area contributed by atoms with Crippen molar-refractivity contribution in [2.45, 2.75) is 18.9 Å². The molecule has 1 amide bonds. The average molecular weight is 319 g/mol. The van der Waals surface area contributed by atoms with E-state index in [4.69, 9.17) is 4.74 Å². The molecule has 1 N–H and O–H groups in total. The van der Waals surface area contributed by atoms with Crippen LogP contribution >= 0.6 is 0 Å². The molecule has 23 heavy (non-hydrogen) atoms. The molecule has 0 bridgehead atoms. The third kappa shape index (κ3) is 5.14. The van der Waals surface area contributed by atoms with E-state index in [2.05, 4.69) is 20.4 Å². The maximum Gasteiger partial charge on any atom is 0.236 e. The van der Waals surface area contributed by atoms with Crippen molar-refractivity contribution in [3.05, 3.63) is 18.3 Å². The number of nitrogens with zero attached hydrogens (tertiary/aromatic N) is 4. The van der Waals surface area contributed by atoms with Gasteiger partial charge in [0.1, 0.15) is 5.82 Å². The molecule has 0 radical (unpaired) electrons. The van der Waals surface area contributed by atoms with Crippen LogP contribution in [0.1, 0.15) is 12.8 Å². The van der Waals surface area contributed by atoms with Gasteiger partial charge in [-0.2, -0.15) is 5.10 Å². The fourth-order valence-electron chi connectivity index (χ4n) is 2.76. The molecule has 1 atom stereocenters. The molecule has 1 aliphatic heterocycles. The molecule has 7 nitrogen and oxygen atoms in total. The number of carbonyl (C=O) groups excluding carboxylic acids is 1. The van der Waals surface area contributed by atoms with Crippen LogP contribution in [0, 0.1) is 5.92 Å². The number of morpholine rings is 1. The molecule has 1 unspecified atom stereocenters. The third-order valence-corrected chi connectivity index (χ3v) is 4.32. The van der Waals surface area contributed by atoms with Gasteiger partial charge in [0.15, 0.2) is 0 Å². The Morgan fingerprint density at radius 2 is 2.39 bits per heavy atom. The normalized spacial score (nSPS) is 21.9. The van der Waals surface area contributed by atoms with Crippen LogP contribution in [0.4, 0.5) is 5.82 Å². The van der Waals surface area contributed by atoms with Crippen molar-refractivity contribution in [3.63, 3.8) is 0 Å². The maximum absolute atomic E-state index is 12.3. The first-order chi connectivity index (χ1) is 11.2. The van der Waals surface area contributed by atoms with Crippen LogP contribution in [0.25, 0.3) is 0 Å². The van der Waals surface area contributed by atoms with E-state index in [-0.39, 0.29) is 12.0 Å². The van der Waals surface area contributed by atoms with Gasteiger partial charge in [0.25, 0.3) is 0 Å². The zero-order chi connectivity index (χ0) is 16.1. The van der Waals surface area contributed by atoms with Gasteiger partial charge >= 0.3 is 0 Å². The molecular weight excluding hydrogens is 294 g/mol. The number of hydrogen-bond acceptors (Lipinski definition) is 6. The second kappa shape index (κ2) is 7.70. The lowest BCUT2D eigenvalue weighted by Gasteiger charge is -2.33. The van der Waals surface area contributed by atoms with Gasteiger partial charge in [0.05, 0.1) is 19.3 Å². The van der Waals surface area contributed by atoms with Gasteiger partial charge in [0, 0.05) is 39.4 Å². The first kappa shape index (κ1) is 16.1. The van der Waals surface area contributed by atoms with Crippen LogP contribution in [-0.2, 0) is 9.53 Å². The Morgan fingerprint density at radius 3 is 3.13 bits per heavy atom. The third-order valence-electron chi connectivity index (χ3n) is 4.32. The molecule has 3 rings (SSSR count). The van der Waals surface area contributed by atoms with E-state index in [9.17, 15) is 4.79 Å². The van der Waals surface area contributed by atoms with Gasteiger partial charge in [-0.3, -0.25) is 9.69 Å². The minimum Gasteiger partial charge on any atom is -0.374 e. The topological polar surface area (TPSA) is 70.6 Å². The van der Waals surface area contributed by atoms with Crippen molar-refractivity contribution >= 4 is 11.7 Å². The monoisotopic (exact) mass is 319 g/mol. The standard InChI is InChI=1S/C16H25N5O2/c1-20(10-13-4-5-13)16(22)12-21-7-8-23-14(11-21)9-17-15-3-2-6-18-19-15/h2-3,6,13-14H,4-5,7-12H2,1H3,(H,17,19). The molecule has 126 valence electrons. The van der Waals surface area contributed by atoms with Crippen LogP contribution in [0.5, 0.6) is 0 Å². The lowest BCUT2D eigenvalue weighted by atomic mass is 10.2. The Bertz CT molecular complexity index is 508. The van der Waals surface area contributed by atoms with Crippen LogP contribution in [0.2, 0.25) is 0 Å². The summed E-state index contributed by atoms with van der Waals surface area (Å²) >= 11 is 0. The number of carbonyl (C=O) groups is 1. The summed E-state index contributed by atoms with van der Waals surface area (Å²) < 4.78 is 5.77. The fraction of sp³-hybridized carbons (Fsp3) is 0.688. The minimum absolute atomic E-state index is 0.0623. The van der Waals surface area contributed by atoms with Gasteiger partial charge in [0.2, 0.25) is 5.91 Å². The summed E-state index contributed by atoms with van der Waals surface area (Å²) in [6.07, 6.45) is 4.25. The highest BCUT2D eigenvalue weighted by molar-refractivity contribution is 5.78. The minimum atomic E-state index is 0.0623. The molecule has 1 saturated carbocycles. The lowest BCUT2D eigenvalue weighted by Crippen LogP contribution is -2.49. The quantitative estimate of drug-likeness (QED) is 0.787. The van der Waals surface area contributed by atoms with E-state index in [1.165, 1.54) is 12.8 Å². The van der Waals surface area contributed by atoms with E-state index in [1.54, 1.807) is 6.20 Å². The van der Waals surface area contributed by atoms with Crippen LogP contribution in [0.15, 0.2) is 18.3 Å². The highest BCUT2D eigenvalue weighted by Crippen LogP contribution is 2.29. The van der Waals surface area contributed by atoms with E-state index in [1.807, 2.05) is 24.1 Å². The molecule has 7 heteroatoms. The van der Waals surface area contributed by atoms with Crippen molar-refractivity contribution in [2.75, 3.05) is 51.7 Å². The highest BCUT2D eigenvalue weighted by atomic mass is 16.5. The predicted molar refractivity (Wildman–Crippen MR) is 87.1 cm³/mol. The van der Waals surface area contributed by atoms with E-state index >= 15 is 0 Å². The van der Waals surface area contributed by atoms with Crippen molar-refractivity contribution in [1.29, 1.82) is 0 Å². The lowest BCUT2D eigenvalue weighted by molar-refractivity contribution is -0.133. The molecule has 1 aromatic heterocycles. The number of anilines is 1. The van der Waals surface area contributed by atoms with Crippen molar-refractivity contribution < 1.29 is 9.53 Å². The molecule has 1 saturated heterocycles. The number of ether oxygens (including phenoxy) is 1. The predicted octanol–water partition coefficient (Wildman–Crippen LogP) is 0.458. The number of hydrogen-bond donors (Lipinski definition) is 1. The molecule has 2 heterocycles. The zero-order valence-corrected chi connectivity index (χ0v) is 13.6. The number of rotatable bonds is 7. The molecule has 1 aromatic rings. The fourth-order valence-corrected chi connectivity index (χ4v) is 2.76. The Kier molecular flexibility index (Phi) is 5.40. The number of likely N-dealkylation sites (N-methyl/N-ethyl adjacent to an activating group) is 1. The molecular formula is C16H25N5O2. The van der Waals surface area contributed by atoms with Gasteiger partial charge in [-0.25, -0.2) is 0 Å². The van der Waals surface area contributed by atoms with Crippen molar-refractivity contribution in [1.82, 2.24) is 20.0 Å². The average Bonchev–Trinajstić information content (AvgIpc) is 3.38. The summed E-state index contributed by atoms with van der Waals surface area (Å²) in [5.74, 6) is 1.69. The largest absolute Gasteiger partial charge is 0.374 e. The van der Waals surface area contributed by atoms with Crippen LogP contribution in [0.3, 0.4) is 0 Å². The molecule has 0 spiro atoms. The van der Waals surface area contributed by atoms with E-state index in [0.717, 1.165) is 31.4 Å². The summed E-state index contributed by atoms with van der Waals surface area (Å²) in [4.78, 5) is 16.3. The van der Waals surface area contributed by atoms with Crippen molar-refractivity contribution in [2.24, 2.45) is 5.92 Å². The van der Waals surface area contributed by atoms with Gasteiger partial charge in [-0.1, -0.05) is 0 Å². The summed E-state index contributed by atoms with van der Waals surface area (Å²) in [6, 6.07) is 3.72. The summed E-state index contributed by atoms with van der Waals surface area (Å²) in [5, 5.41) is 11.1. The smallest absolute Gasteiger partial charge is 0.236 e.